The van der Waals surface area contributed by atoms with Gasteiger partial charge in [-0.05, 0) is 37.3 Å². The molecule has 0 aliphatic heterocycles. The van der Waals surface area contributed by atoms with Gasteiger partial charge in [0.1, 0.15) is 5.65 Å². The maximum atomic E-state index is 13.3. The van der Waals surface area contributed by atoms with Crippen molar-refractivity contribution in [2.24, 2.45) is 4.36 Å². The molecule has 0 N–H and O–H groups in total. The number of hydrogen-bond acceptors (Lipinski definition) is 6. The maximum absolute atomic E-state index is 13.3. The molecule has 3 aromatic heterocycles. The van der Waals surface area contributed by atoms with Gasteiger partial charge in [0.25, 0.3) is 0 Å². The number of halogens is 7. The van der Waals surface area contributed by atoms with E-state index in [4.69, 9.17) is 11.6 Å². The largest absolute Gasteiger partial charge is 0.471 e. The second kappa shape index (κ2) is 7.98. The Morgan fingerprint density at radius 2 is 1.76 bits per heavy atom. The van der Waals surface area contributed by atoms with Crippen LogP contribution in [0.1, 0.15) is 17.1 Å². The molecule has 1 aromatic carbocycles. The number of hydrogen-bond donors (Lipinski definition) is 0. The van der Waals surface area contributed by atoms with Crippen LogP contribution < -0.4 is 0 Å². The van der Waals surface area contributed by atoms with Crippen LogP contribution in [0.15, 0.2) is 50.3 Å². The molecule has 0 bridgehead atoms. The molecule has 4 aromatic rings. The Kier molecular flexibility index (Phi) is 5.63. The van der Waals surface area contributed by atoms with E-state index >= 15 is 0 Å². The first-order chi connectivity index (χ1) is 15.7. The number of fused-ring (bicyclic) bond motifs is 1. The van der Waals surface area contributed by atoms with E-state index in [1.54, 1.807) is 6.92 Å². The molecule has 180 valence electrons. The van der Waals surface area contributed by atoms with E-state index in [2.05, 4.69) is 24.0 Å². The molecule has 0 saturated carbocycles. The quantitative estimate of drug-likeness (QED) is 0.300. The zero-order valence-electron chi connectivity index (χ0n) is 17.1. The first kappa shape index (κ1) is 24.0. The number of aromatic nitrogens is 4. The summed E-state index contributed by atoms with van der Waals surface area (Å²) < 4.78 is 100. The number of alkyl halides is 6. The summed E-state index contributed by atoms with van der Waals surface area (Å²) in [5, 5.41) is 2.70. The fraction of sp³-hybridized carbons (Fsp3) is 0.211. The molecule has 1 unspecified atom stereocenters. The average molecular weight is 524 g/mol. The number of benzene rings is 1. The zero-order chi connectivity index (χ0) is 25.1. The topological polar surface area (TPSA) is 85.7 Å². The van der Waals surface area contributed by atoms with Gasteiger partial charge in [-0.3, -0.25) is 4.40 Å². The van der Waals surface area contributed by atoms with E-state index in [1.807, 2.05) is 0 Å². The van der Waals surface area contributed by atoms with Crippen LogP contribution in [-0.2, 0) is 22.1 Å². The molecule has 0 radical (unpaired) electrons. The smallest absolute Gasteiger partial charge is 0.329 e. The molecule has 1 atom stereocenters. The number of nitrogens with zero attached hydrogens (tertiary/aromatic N) is 5. The number of pyridine rings is 1. The molecule has 0 fully saturated rings. The summed E-state index contributed by atoms with van der Waals surface area (Å²) in [4.78, 5) is 7.55. The minimum absolute atomic E-state index is 0.0250. The molecule has 0 spiro atoms. The summed E-state index contributed by atoms with van der Waals surface area (Å²) in [5.41, 5.74) is -0.349. The van der Waals surface area contributed by atoms with Crippen LogP contribution >= 0.6 is 11.6 Å². The molecular weight excluding hydrogens is 512 g/mol. The van der Waals surface area contributed by atoms with Crippen molar-refractivity contribution < 1.29 is 35.1 Å². The van der Waals surface area contributed by atoms with Gasteiger partial charge in [-0.25, -0.2) is 9.19 Å². The van der Waals surface area contributed by atoms with Crippen molar-refractivity contribution in [1.82, 2.24) is 19.5 Å². The van der Waals surface area contributed by atoms with Crippen molar-refractivity contribution in [2.75, 3.05) is 6.26 Å². The van der Waals surface area contributed by atoms with E-state index in [9.17, 15) is 30.6 Å². The van der Waals surface area contributed by atoms with Crippen molar-refractivity contribution >= 4 is 32.8 Å². The normalized spacial score (nSPS) is 14.4. The predicted molar refractivity (Wildman–Crippen MR) is 109 cm³/mol. The van der Waals surface area contributed by atoms with Gasteiger partial charge in [0.15, 0.2) is 5.82 Å². The van der Waals surface area contributed by atoms with E-state index < -0.39 is 38.6 Å². The Balaban J connectivity index is 1.76. The molecule has 15 heteroatoms. The molecule has 3 heterocycles. The predicted octanol–water partition coefficient (Wildman–Crippen LogP) is 6.17. The van der Waals surface area contributed by atoms with E-state index in [0.717, 1.165) is 18.2 Å². The van der Waals surface area contributed by atoms with E-state index in [-0.39, 0.29) is 27.7 Å². The van der Waals surface area contributed by atoms with Gasteiger partial charge in [-0.2, -0.15) is 35.7 Å². The minimum Gasteiger partial charge on any atom is -0.329 e. The standard InChI is InChI=1S/C19H12ClF6N5O2S/c1-9-16(30-34(2,32)11-3-4-12(13(20)8-11)18(21,22)23)31-6-5-10(7-14(31)27-9)15-28-17(33-29-15)19(24,25)26/h3-8H,1-2H3. The third-order valence-electron chi connectivity index (χ3n) is 4.64. The third-order valence-corrected chi connectivity index (χ3v) is 6.60. The lowest BCUT2D eigenvalue weighted by Gasteiger charge is -2.11. The summed E-state index contributed by atoms with van der Waals surface area (Å²) >= 11 is 5.74. The SMILES string of the molecule is Cc1nc2cc(-c3noc(C(F)(F)F)n3)ccn2c1N=S(C)(=O)c1ccc(C(F)(F)F)c(Cl)c1. The van der Waals surface area contributed by atoms with Crippen LogP contribution in [0.2, 0.25) is 5.02 Å². The molecule has 7 nitrogen and oxygen atoms in total. The van der Waals surface area contributed by atoms with Gasteiger partial charge >= 0.3 is 18.2 Å². The third kappa shape index (κ3) is 4.46. The summed E-state index contributed by atoms with van der Waals surface area (Å²) in [6.45, 7) is 1.55. The highest BCUT2D eigenvalue weighted by Gasteiger charge is 2.38. The zero-order valence-corrected chi connectivity index (χ0v) is 18.6. The highest BCUT2D eigenvalue weighted by Crippen LogP contribution is 2.36. The first-order valence-corrected chi connectivity index (χ1v) is 11.5. The Bertz CT molecular complexity index is 1530. The monoisotopic (exact) mass is 523 g/mol. The maximum Gasteiger partial charge on any atom is 0.471 e. The number of aryl methyl sites for hydroxylation is 1. The van der Waals surface area contributed by atoms with Gasteiger partial charge in [0, 0.05) is 22.9 Å². The molecule has 34 heavy (non-hydrogen) atoms. The Labute approximate surface area is 192 Å². The second-order valence-corrected chi connectivity index (χ2v) is 9.78. The van der Waals surface area contributed by atoms with E-state index in [1.165, 1.54) is 29.0 Å². The van der Waals surface area contributed by atoms with Crippen molar-refractivity contribution in [3.05, 3.63) is 58.7 Å². The summed E-state index contributed by atoms with van der Waals surface area (Å²) in [6.07, 6.45) is -6.83. The van der Waals surface area contributed by atoms with Gasteiger partial charge in [-0.1, -0.05) is 16.8 Å². The molecule has 0 aliphatic rings. The van der Waals surface area contributed by atoms with Gasteiger partial charge < -0.3 is 4.52 Å². The van der Waals surface area contributed by atoms with Crippen molar-refractivity contribution in [3.8, 4) is 11.4 Å². The van der Waals surface area contributed by atoms with Gasteiger partial charge in [0.2, 0.25) is 5.82 Å². The lowest BCUT2D eigenvalue weighted by molar-refractivity contribution is -0.159. The highest BCUT2D eigenvalue weighted by atomic mass is 35.5. The molecule has 0 amide bonds. The fourth-order valence-corrected chi connectivity index (χ4v) is 4.70. The highest BCUT2D eigenvalue weighted by molar-refractivity contribution is 7.93. The second-order valence-electron chi connectivity index (χ2n) is 7.12. The Hall–Kier alpha value is -3.13. The van der Waals surface area contributed by atoms with Crippen LogP contribution in [-0.4, -0.2) is 30.0 Å². The van der Waals surface area contributed by atoms with Crippen LogP contribution in [0.3, 0.4) is 0 Å². The lowest BCUT2D eigenvalue weighted by Crippen LogP contribution is -2.07. The molecule has 0 aliphatic carbocycles. The molecular formula is C19H12ClF6N5O2S. The Morgan fingerprint density at radius 3 is 2.35 bits per heavy atom. The van der Waals surface area contributed by atoms with Crippen LogP contribution in [0, 0.1) is 6.92 Å². The van der Waals surface area contributed by atoms with Crippen molar-refractivity contribution in [1.29, 1.82) is 0 Å². The van der Waals surface area contributed by atoms with E-state index in [0.29, 0.717) is 5.69 Å². The number of imidazole rings is 1. The van der Waals surface area contributed by atoms with Gasteiger partial charge in [-0.15, -0.1) is 0 Å². The first-order valence-electron chi connectivity index (χ1n) is 9.16. The summed E-state index contributed by atoms with van der Waals surface area (Å²) in [5.74, 6) is -1.68. The van der Waals surface area contributed by atoms with Crippen LogP contribution in [0.25, 0.3) is 17.0 Å². The van der Waals surface area contributed by atoms with Crippen molar-refractivity contribution in [3.63, 3.8) is 0 Å². The average Bonchev–Trinajstić information content (AvgIpc) is 3.32. The minimum atomic E-state index is -4.80. The summed E-state index contributed by atoms with van der Waals surface area (Å²) in [7, 11) is -3.26. The summed E-state index contributed by atoms with van der Waals surface area (Å²) in [6, 6.07) is 5.46. The van der Waals surface area contributed by atoms with Crippen LogP contribution in [0.5, 0.6) is 0 Å². The van der Waals surface area contributed by atoms with Crippen LogP contribution in [0.4, 0.5) is 32.2 Å². The molecule has 4 rings (SSSR count). The van der Waals surface area contributed by atoms with Crippen molar-refractivity contribution in [2.45, 2.75) is 24.2 Å². The molecule has 0 saturated heterocycles. The number of rotatable bonds is 3. The lowest BCUT2D eigenvalue weighted by atomic mass is 10.2. The fourth-order valence-electron chi connectivity index (χ4n) is 3.03. The van der Waals surface area contributed by atoms with Gasteiger partial charge in [0.05, 0.1) is 26.0 Å². The Morgan fingerprint density at radius 1 is 1.06 bits per heavy atom.